The van der Waals surface area contributed by atoms with Gasteiger partial charge in [0.2, 0.25) is 7.44 Å². The van der Waals surface area contributed by atoms with E-state index in [4.69, 9.17) is 19.9 Å². The largest absolute Gasteiger partial charge is 0.463 e. The average molecular weight is 528 g/mol. The minimum Gasteiger partial charge on any atom is -0.463 e. The number of hydrogen-bond acceptors (Lipinski definition) is 10. The molecule has 2 aromatic heterocycles. The van der Waals surface area contributed by atoms with Crippen LogP contribution in [0.4, 0.5) is 5.82 Å². The van der Waals surface area contributed by atoms with Crippen molar-refractivity contribution in [3.63, 3.8) is 0 Å². The fraction of sp³-hybridized carbons (Fsp3) is 0.682. The van der Waals surface area contributed by atoms with Crippen LogP contribution < -0.4 is 15.9 Å². The van der Waals surface area contributed by atoms with Gasteiger partial charge in [-0.05, 0) is 41.5 Å². The summed E-state index contributed by atoms with van der Waals surface area (Å²) in [5.41, 5.74) is 6.88. The zero-order chi connectivity index (χ0) is 27.0. The fourth-order valence-electron chi connectivity index (χ4n) is 3.14. The highest BCUT2D eigenvalue weighted by atomic mass is 31.2. The maximum absolute atomic E-state index is 13.8. The number of hydrogen-bond donors (Lipinski definition) is 3. The van der Waals surface area contributed by atoms with Gasteiger partial charge in [0.05, 0.1) is 37.1 Å². The number of carbonyl (C=O) groups excluding carboxylic acids is 2. The minimum atomic E-state index is -3.50. The van der Waals surface area contributed by atoms with Gasteiger partial charge in [0.15, 0.2) is 11.5 Å². The number of rotatable bonds is 14. The van der Waals surface area contributed by atoms with Gasteiger partial charge in [0.25, 0.3) is 0 Å². The molecule has 0 fully saturated rings. The highest BCUT2D eigenvalue weighted by Crippen LogP contribution is 2.37. The van der Waals surface area contributed by atoms with Crippen molar-refractivity contribution in [2.75, 3.05) is 18.6 Å². The number of carbonyl (C=O) groups is 2. The molecule has 4 atom stereocenters. The van der Waals surface area contributed by atoms with Gasteiger partial charge < -0.3 is 24.5 Å². The number of fused-ring (bicyclic) bond motifs is 1. The van der Waals surface area contributed by atoms with E-state index in [0.29, 0.717) is 17.7 Å². The van der Waals surface area contributed by atoms with Gasteiger partial charge in [-0.25, -0.2) is 20.0 Å². The smallest absolute Gasteiger partial charge is 0.323 e. The summed E-state index contributed by atoms with van der Waals surface area (Å²) in [4.78, 5) is 36.9. The van der Waals surface area contributed by atoms with E-state index in [2.05, 4.69) is 25.1 Å². The molecule has 202 valence electrons. The fourth-order valence-corrected chi connectivity index (χ4v) is 5.16. The average Bonchev–Trinajstić information content (AvgIpc) is 3.19. The van der Waals surface area contributed by atoms with Gasteiger partial charge in [-0.15, -0.1) is 0 Å². The van der Waals surface area contributed by atoms with E-state index in [1.54, 1.807) is 59.4 Å². The maximum atomic E-state index is 13.8. The monoisotopic (exact) mass is 527 g/mol. The first-order chi connectivity index (χ1) is 16.8. The quantitative estimate of drug-likeness (QED) is 0.241. The molecule has 0 aliphatic heterocycles. The lowest BCUT2D eigenvalue weighted by Gasteiger charge is -2.27. The van der Waals surface area contributed by atoms with E-state index in [1.165, 1.54) is 6.33 Å². The van der Waals surface area contributed by atoms with E-state index >= 15 is 0 Å². The number of aromatic nitrogens is 4. The van der Waals surface area contributed by atoms with Crippen molar-refractivity contribution in [3.8, 4) is 0 Å². The van der Waals surface area contributed by atoms with Crippen LogP contribution in [0.5, 0.6) is 0 Å². The number of nitrogen functional groups attached to an aromatic ring is 1. The van der Waals surface area contributed by atoms with E-state index in [-0.39, 0.29) is 30.9 Å². The Morgan fingerprint density at radius 3 is 2.31 bits per heavy atom. The molecule has 0 aliphatic rings. The summed E-state index contributed by atoms with van der Waals surface area (Å²) in [6.07, 6.45) is 1.70. The molecule has 0 radical (unpaired) electrons. The number of imidazole rings is 1. The number of ether oxygens (including phenoxy) is 3. The third kappa shape index (κ3) is 8.81. The number of esters is 2. The van der Waals surface area contributed by atoms with Crippen molar-refractivity contribution in [3.05, 3.63) is 12.7 Å². The summed E-state index contributed by atoms with van der Waals surface area (Å²) in [6, 6.07) is -0.875. The van der Waals surface area contributed by atoms with Crippen molar-refractivity contribution in [2.45, 2.75) is 79.4 Å². The summed E-state index contributed by atoms with van der Waals surface area (Å²) < 4.78 is 31.9. The van der Waals surface area contributed by atoms with Gasteiger partial charge >= 0.3 is 11.9 Å². The molecule has 0 saturated heterocycles. The molecule has 14 heteroatoms. The summed E-state index contributed by atoms with van der Waals surface area (Å²) in [6.45, 7) is 12.4. The van der Waals surface area contributed by atoms with E-state index in [0.717, 1.165) is 0 Å². The van der Waals surface area contributed by atoms with Crippen molar-refractivity contribution in [1.82, 2.24) is 29.7 Å². The third-order valence-corrected chi connectivity index (χ3v) is 6.95. The molecule has 36 heavy (non-hydrogen) atoms. The normalized spacial score (nSPS) is 16.0. The first kappa shape index (κ1) is 29.6. The summed E-state index contributed by atoms with van der Waals surface area (Å²) in [5, 5.41) is 5.72. The first-order valence-corrected chi connectivity index (χ1v) is 13.8. The van der Waals surface area contributed by atoms with Crippen LogP contribution in [0.15, 0.2) is 12.7 Å². The van der Waals surface area contributed by atoms with Crippen molar-refractivity contribution in [2.24, 2.45) is 5.92 Å². The van der Waals surface area contributed by atoms with Gasteiger partial charge in [-0.1, -0.05) is 6.92 Å². The van der Waals surface area contributed by atoms with Gasteiger partial charge in [-0.2, -0.15) is 0 Å². The Balaban J connectivity index is 2.08. The maximum Gasteiger partial charge on any atom is 0.323 e. The van der Waals surface area contributed by atoms with E-state index < -0.39 is 37.4 Å². The van der Waals surface area contributed by atoms with Crippen molar-refractivity contribution in [1.29, 1.82) is 0 Å². The second kappa shape index (κ2) is 13.1. The number of nitrogens with zero attached hydrogens (tertiary/aromatic N) is 4. The predicted molar refractivity (Wildman–Crippen MR) is 135 cm³/mol. The second-order valence-electron chi connectivity index (χ2n) is 9.26. The molecule has 3 unspecified atom stereocenters. The lowest BCUT2D eigenvalue weighted by atomic mass is 10.2. The Labute approximate surface area is 211 Å². The van der Waals surface area contributed by atoms with E-state index in [1.807, 2.05) is 0 Å². The van der Waals surface area contributed by atoms with Crippen LogP contribution in [0.25, 0.3) is 11.2 Å². The first-order valence-electron chi connectivity index (χ1n) is 11.9. The molecule has 0 spiro atoms. The molecule has 0 saturated carbocycles. The van der Waals surface area contributed by atoms with Crippen LogP contribution in [0.2, 0.25) is 0 Å². The van der Waals surface area contributed by atoms with Crippen molar-refractivity contribution >= 4 is 36.4 Å². The highest BCUT2D eigenvalue weighted by molar-refractivity contribution is 7.59. The summed E-state index contributed by atoms with van der Waals surface area (Å²) in [5.74, 6) is -1.26. The zero-order valence-corrected chi connectivity index (χ0v) is 22.8. The predicted octanol–water partition coefficient (Wildman–Crippen LogP) is 2.07. The zero-order valence-electron chi connectivity index (χ0n) is 21.9. The molecule has 2 rings (SSSR count). The molecule has 2 aromatic rings. The van der Waals surface area contributed by atoms with Crippen molar-refractivity contribution < 1.29 is 28.4 Å². The summed E-state index contributed by atoms with van der Waals surface area (Å²) in [7, 11) is -3.50. The SMILES string of the molecule is CC(C)OC(=O)C(C)CNP(=O)(COC(C)Cn1cnc2c(N)ncnc21)N[C@@H](C)C(=O)OC(C)C. The molecule has 0 aliphatic carbocycles. The number of nitrogens with two attached hydrogens (primary N) is 1. The topological polar surface area (TPSA) is 173 Å². The molecular formula is C22H38N7O6P. The van der Waals surface area contributed by atoms with Crippen LogP contribution in [0, 0.1) is 5.92 Å². The van der Waals surface area contributed by atoms with E-state index in [9.17, 15) is 14.2 Å². The Morgan fingerprint density at radius 1 is 1.03 bits per heavy atom. The lowest BCUT2D eigenvalue weighted by molar-refractivity contribution is -0.151. The van der Waals surface area contributed by atoms with Gasteiger partial charge in [0.1, 0.15) is 24.2 Å². The Kier molecular flexibility index (Phi) is 10.8. The molecule has 2 heterocycles. The molecular weight excluding hydrogens is 489 g/mol. The van der Waals surface area contributed by atoms with Gasteiger partial charge in [0, 0.05) is 6.54 Å². The third-order valence-electron chi connectivity index (χ3n) is 4.94. The molecule has 0 bridgehead atoms. The highest BCUT2D eigenvalue weighted by Gasteiger charge is 2.31. The molecule has 13 nitrogen and oxygen atoms in total. The standard InChI is InChI=1S/C22H38N7O6P/c1-13(2)34-21(30)15(5)8-27-36(32,28-17(7)22(31)35-14(3)4)12-33-16(6)9-29-11-26-18-19(23)24-10-25-20(18)29/h10-11,13-17H,8-9,12H2,1-7H3,(H2,23,24,25)(H2,27,28,32)/t15?,16?,17-,36?/m0/s1. The molecule has 4 N–H and O–H groups in total. The van der Waals surface area contributed by atoms with Crippen LogP contribution in [-0.2, 0) is 34.9 Å². The van der Waals surface area contributed by atoms with Crippen LogP contribution >= 0.6 is 7.44 Å². The van der Waals surface area contributed by atoms with Gasteiger partial charge in [-0.3, -0.25) is 19.2 Å². The number of nitrogens with one attached hydrogen (secondary N) is 2. The van der Waals surface area contributed by atoms with Crippen LogP contribution in [0.1, 0.15) is 48.5 Å². The minimum absolute atomic E-state index is 0.0574. The Morgan fingerprint density at radius 2 is 1.67 bits per heavy atom. The summed E-state index contributed by atoms with van der Waals surface area (Å²) >= 11 is 0. The molecule has 0 amide bonds. The Bertz CT molecular complexity index is 1080. The molecule has 0 aromatic carbocycles. The lowest BCUT2D eigenvalue weighted by Crippen LogP contribution is -2.40. The number of anilines is 1. The second-order valence-corrected chi connectivity index (χ2v) is 11.6. The Hall–Kier alpha value is -2.60. The van der Waals surface area contributed by atoms with Crippen LogP contribution in [0.3, 0.4) is 0 Å². The van der Waals surface area contributed by atoms with Crippen LogP contribution in [-0.4, -0.2) is 68.7 Å².